The molecule has 0 saturated carbocycles. The first kappa shape index (κ1) is 17.5. The van der Waals surface area contributed by atoms with Crippen molar-refractivity contribution in [3.63, 3.8) is 0 Å². The third-order valence-corrected chi connectivity index (χ3v) is 4.61. The number of carbonyl (C=O) groups is 1. The third kappa shape index (κ3) is 4.81. The van der Waals surface area contributed by atoms with Gasteiger partial charge in [-0.25, -0.2) is 0 Å². The van der Waals surface area contributed by atoms with Crippen molar-refractivity contribution in [3.05, 3.63) is 54.6 Å². The molecule has 1 saturated heterocycles. The van der Waals surface area contributed by atoms with Crippen LogP contribution in [0, 0.1) is 5.41 Å². The summed E-state index contributed by atoms with van der Waals surface area (Å²) in [6, 6.07) is 17.0. The number of benzene rings is 2. The van der Waals surface area contributed by atoms with Crippen LogP contribution in [0.5, 0.6) is 11.5 Å². The highest BCUT2D eigenvalue weighted by molar-refractivity contribution is 5.92. The molecule has 2 aromatic carbocycles. The van der Waals surface area contributed by atoms with E-state index >= 15 is 0 Å². The highest BCUT2D eigenvalue weighted by atomic mass is 16.5. The minimum Gasteiger partial charge on any atom is -0.457 e. The van der Waals surface area contributed by atoms with E-state index in [0.717, 1.165) is 36.7 Å². The molecule has 132 valence electrons. The summed E-state index contributed by atoms with van der Waals surface area (Å²) in [6.07, 6.45) is 1.04. The second-order valence-corrected chi connectivity index (χ2v) is 6.96. The first-order chi connectivity index (χ1) is 12.1. The van der Waals surface area contributed by atoms with Crippen LogP contribution in [-0.2, 0) is 4.79 Å². The zero-order chi connectivity index (χ0) is 17.7. The Morgan fingerprint density at radius 3 is 2.48 bits per heavy atom. The topological polar surface area (TPSA) is 67.6 Å². The van der Waals surface area contributed by atoms with Gasteiger partial charge in [0.15, 0.2) is 0 Å². The van der Waals surface area contributed by atoms with Gasteiger partial charge in [-0.1, -0.05) is 25.1 Å². The first-order valence-electron chi connectivity index (χ1n) is 8.62. The van der Waals surface area contributed by atoms with Crippen LogP contribution in [0.3, 0.4) is 0 Å². The highest BCUT2D eigenvalue weighted by Gasteiger charge is 2.33. The minimum atomic E-state index is -0.00185. The Bertz CT molecular complexity index is 703. The summed E-state index contributed by atoms with van der Waals surface area (Å²) in [7, 11) is 0. The molecule has 1 aliphatic heterocycles. The predicted octanol–water partition coefficient (Wildman–Crippen LogP) is 3.09. The molecular formula is C20H25N3O2. The van der Waals surface area contributed by atoms with Crippen molar-refractivity contribution in [2.75, 3.05) is 31.5 Å². The van der Waals surface area contributed by atoms with E-state index in [0.29, 0.717) is 13.1 Å². The Kier molecular flexibility index (Phi) is 5.36. The van der Waals surface area contributed by atoms with Crippen molar-refractivity contribution < 1.29 is 9.53 Å². The van der Waals surface area contributed by atoms with Gasteiger partial charge in [-0.2, -0.15) is 0 Å². The fraction of sp³-hybridized carbons (Fsp3) is 0.350. The Morgan fingerprint density at radius 1 is 1.16 bits per heavy atom. The van der Waals surface area contributed by atoms with Crippen molar-refractivity contribution in [3.8, 4) is 11.5 Å². The summed E-state index contributed by atoms with van der Waals surface area (Å²) in [5, 5.41) is 2.94. The molecule has 1 heterocycles. The quantitative estimate of drug-likeness (QED) is 0.849. The first-order valence-corrected chi connectivity index (χ1v) is 8.62. The number of anilines is 1. The molecule has 1 unspecified atom stereocenters. The van der Waals surface area contributed by atoms with Crippen molar-refractivity contribution in [2.45, 2.75) is 13.3 Å². The van der Waals surface area contributed by atoms with Gasteiger partial charge < -0.3 is 15.8 Å². The van der Waals surface area contributed by atoms with Crippen LogP contribution in [0.2, 0.25) is 0 Å². The lowest BCUT2D eigenvalue weighted by Crippen LogP contribution is -2.35. The van der Waals surface area contributed by atoms with Crippen molar-refractivity contribution >= 4 is 11.6 Å². The van der Waals surface area contributed by atoms with Crippen LogP contribution < -0.4 is 15.8 Å². The second kappa shape index (κ2) is 7.68. The van der Waals surface area contributed by atoms with Crippen LogP contribution in [0.1, 0.15) is 13.3 Å². The standard InChI is InChI=1S/C20H25N3O2/c1-20(14-21)11-12-23(15-20)13-19(24)22-16-7-9-18(10-8-16)25-17-5-3-2-4-6-17/h2-10H,11-15,21H2,1H3,(H,22,24). The lowest BCUT2D eigenvalue weighted by molar-refractivity contribution is -0.117. The summed E-state index contributed by atoms with van der Waals surface area (Å²) in [6.45, 7) is 5.04. The average molecular weight is 339 g/mol. The number of hydrogen-bond acceptors (Lipinski definition) is 4. The molecule has 1 atom stereocenters. The maximum atomic E-state index is 12.2. The summed E-state index contributed by atoms with van der Waals surface area (Å²) >= 11 is 0. The maximum Gasteiger partial charge on any atom is 0.238 e. The zero-order valence-corrected chi connectivity index (χ0v) is 14.6. The van der Waals surface area contributed by atoms with Gasteiger partial charge in [0, 0.05) is 12.2 Å². The van der Waals surface area contributed by atoms with Crippen LogP contribution in [-0.4, -0.2) is 37.0 Å². The monoisotopic (exact) mass is 339 g/mol. The fourth-order valence-corrected chi connectivity index (χ4v) is 3.06. The maximum absolute atomic E-state index is 12.2. The molecule has 1 amide bonds. The van der Waals surface area contributed by atoms with E-state index in [-0.39, 0.29) is 11.3 Å². The summed E-state index contributed by atoms with van der Waals surface area (Å²) in [4.78, 5) is 14.4. The number of rotatable bonds is 6. The van der Waals surface area contributed by atoms with E-state index < -0.39 is 0 Å². The third-order valence-electron chi connectivity index (χ3n) is 4.61. The van der Waals surface area contributed by atoms with Crippen molar-refractivity contribution in [1.29, 1.82) is 0 Å². The molecule has 2 aromatic rings. The van der Waals surface area contributed by atoms with Gasteiger partial charge in [0.25, 0.3) is 0 Å². The Balaban J connectivity index is 1.50. The molecular weight excluding hydrogens is 314 g/mol. The number of para-hydroxylation sites is 1. The molecule has 25 heavy (non-hydrogen) atoms. The molecule has 0 spiro atoms. The number of likely N-dealkylation sites (tertiary alicyclic amines) is 1. The summed E-state index contributed by atoms with van der Waals surface area (Å²) < 4.78 is 5.75. The molecule has 0 aliphatic carbocycles. The average Bonchev–Trinajstić information content (AvgIpc) is 2.99. The number of carbonyl (C=O) groups excluding carboxylic acids is 1. The molecule has 0 radical (unpaired) electrons. The van der Waals surface area contributed by atoms with E-state index in [4.69, 9.17) is 10.5 Å². The van der Waals surface area contributed by atoms with Gasteiger partial charge in [-0.3, -0.25) is 9.69 Å². The Hall–Kier alpha value is -2.37. The molecule has 1 fully saturated rings. The molecule has 0 bridgehead atoms. The number of nitrogens with two attached hydrogens (primary N) is 1. The zero-order valence-electron chi connectivity index (χ0n) is 14.6. The number of amides is 1. The smallest absolute Gasteiger partial charge is 0.238 e. The minimum absolute atomic E-state index is 0.00185. The van der Waals surface area contributed by atoms with E-state index in [2.05, 4.69) is 17.1 Å². The van der Waals surface area contributed by atoms with Crippen molar-refractivity contribution in [1.82, 2.24) is 4.90 Å². The van der Waals surface area contributed by atoms with E-state index in [1.54, 1.807) is 0 Å². The van der Waals surface area contributed by atoms with E-state index in [9.17, 15) is 4.79 Å². The van der Waals surface area contributed by atoms with Gasteiger partial charge in [-0.05, 0) is 61.3 Å². The lowest BCUT2D eigenvalue weighted by Gasteiger charge is -2.22. The van der Waals surface area contributed by atoms with Crippen molar-refractivity contribution in [2.24, 2.45) is 11.1 Å². The molecule has 5 nitrogen and oxygen atoms in total. The number of nitrogens with one attached hydrogen (secondary N) is 1. The largest absolute Gasteiger partial charge is 0.457 e. The van der Waals surface area contributed by atoms with E-state index in [1.165, 1.54) is 0 Å². The molecule has 0 aromatic heterocycles. The number of ether oxygens (including phenoxy) is 1. The van der Waals surface area contributed by atoms with Gasteiger partial charge >= 0.3 is 0 Å². The predicted molar refractivity (Wildman–Crippen MR) is 99.8 cm³/mol. The molecule has 3 rings (SSSR count). The summed E-state index contributed by atoms with van der Waals surface area (Å²) in [5.41, 5.74) is 6.72. The normalized spacial score (nSPS) is 20.4. The number of hydrogen-bond donors (Lipinski definition) is 2. The van der Waals surface area contributed by atoms with Crippen LogP contribution in [0.25, 0.3) is 0 Å². The van der Waals surface area contributed by atoms with E-state index in [1.807, 2.05) is 54.6 Å². The SMILES string of the molecule is CC1(CN)CCN(CC(=O)Nc2ccc(Oc3ccccc3)cc2)C1. The van der Waals surface area contributed by atoms with Crippen LogP contribution >= 0.6 is 0 Å². The lowest BCUT2D eigenvalue weighted by atomic mass is 9.90. The van der Waals surface area contributed by atoms with Gasteiger partial charge in [0.05, 0.1) is 6.54 Å². The highest BCUT2D eigenvalue weighted by Crippen LogP contribution is 2.28. The van der Waals surface area contributed by atoms with Gasteiger partial charge in [-0.15, -0.1) is 0 Å². The van der Waals surface area contributed by atoms with Crippen LogP contribution in [0.4, 0.5) is 5.69 Å². The number of nitrogens with zero attached hydrogens (tertiary/aromatic N) is 1. The molecule has 1 aliphatic rings. The summed E-state index contributed by atoms with van der Waals surface area (Å²) in [5.74, 6) is 1.52. The van der Waals surface area contributed by atoms with Gasteiger partial charge in [0.1, 0.15) is 11.5 Å². The second-order valence-electron chi connectivity index (χ2n) is 6.96. The van der Waals surface area contributed by atoms with Crippen LogP contribution in [0.15, 0.2) is 54.6 Å². The fourth-order valence-electron chi connectivity index (χ4n) is 3.06. The Morgan fingerprint density at radius 2 is 1.84 bits per heavy atom. The molecule has 5 heteroatoms. The molecule has 3 N–H and O–H groups in total. The Labute approximate surface area is 148 Å². The van der Waals surface area contributed by atoms with Gasteiger partial charge in [0.2, 0.25) is 5.91 Å².